The number of hydrogen-bond donors (Lipinski definition) is 7. The van der Waals surface area contributed by atoms with Crippen LogP contribution in [0.1, 0.15) is 111 Å². The Bertz CT molecular complexity index is 1810. The van der Waals surface area contributed by atoms with E-state index in [-0.39, 0.29) is 70.9 Å². The average Bonchev–Trinajstić information content (AvgIpc) is 3.20. The molecule has 0 unspecified atom stereocenters. The number of imide groups is 1. The molecular formula is C42H61N7O11. The highest BCUT2D eigenvalue weighted by molar-refractivity contribution is 6.26. The van der Waals surface area contributed by atoms with E-state index in [0.29, 0.717) is 22.9 Å². The normalized spacial score (nSPS) is 13.6. The van der Waals surface area contributed by atoms with Gasteiger partial charge in [0.2, 0.25) is 23.6 Å². The van der Waals surface area contributed by atoms with Gasteiger partial charge in [-0.15, -0.1) is 0 Å². The van der Waals surface area contributed by atoms with E-state index in [1.165, 1.54) is 25.7 Å². The van der Waals surface area contributed by atoms with Crippen LogP contribution in [0.25, 0.3) is 10.8 Å². The minimum atomic E-state index is -1.41. The minimum absolute atomic E-state index is 0.00853. The van der Waals surface area contributed by atoms with Crippen molar-refractivity contribution in [3.63, 3.8) is 0 Å². The van der Waals surface area contributed by atoms with Gasteiger partial charge in [0.1, 0.15) is 18.1 Å². The standard InChI is InChI=1S/C42H61N7O11/c1-4-5-6-7-8-9-10-15-34(50)44-23-25-60-26-30(43)38(54)47-31(39(55)45-22-20-32(42(58)59)46-35(51)16-12-17-36(52)53)21-24-49-40(56)28-14-11-13-27-33(48(2)3)19-18-29(37(27)28)41(49)57/h11,13-14,18-19,30-32H,4-10,12,15-17,20-26,43H2,1-3H3,(H,44,50)(H,45,55)(H,46,51)(H,47,54)(H,52,53)(H,58,59)/t30-,31+,32+/m0/s1. The van der Waals surface area contributed by atoms with Gasteiger partial charge in [-0.05, 0) is 43.9 Å². The van der Waals surface area contributed by atoms with E-state index < -0.39 is 59.6 Å². The highest BCUT2D eigenvalue weighted by Gasteiger charge is 2.35. The van der Waals surface area contributed by atoms with Crippen molar-refractivity contribution >= 4 is 63.8 Å². The van der Waals surface area contributed by atoms with Crippen LogP contribution >= 0.6 is 0 Å². The maximum atomic E-state index is 13.8. The lowest BCUT2D eigenvalue weighted by atomic mass is 9.92. The largest absolute Gasteiger partial charge is 0.481 e. The molecule has 1 heterocycles. The fourth-order valence-corrected chi connectivity index (χ4v) is 6.80. The van der Waals surface area contributed by atoms with Gasteiger partial charge in [0.05, 0.1) is 13.2 Å². The highest BCUT2D eigenvalue weighted by atomic mass is 16.5. The van der Waals surface area contributed by atoms with Gasteiger partial charge in [0.15, 0.2) is 0 Å². The maximum Gasteiger partial charge on any atom is 0.326 e. The number of carbonyl (C=O) groups excluding carboxylic acids is 6. The van der Waals surface area contributed by atoms with Crippen LogP contribution in [-0.4, -0.2) is 128 Å². The molecule has 6 amide bonds. The molecule has 0 aliphatic carbocycles. The van der Waals surface area contributed by atoms with Gasteiger partial charge in [-0.3, -0.25) is 38.5 Å². The molecule has 0 saturated carbocycles. The number of aliphatic carboxylic acids is 2. The van der Waals surface area contributed by atoms with E-state index in [4.69, 9.17) is 15.6 Å². The molecule has 3 rings (SSSR count). The Morgan fingerprint density at radius 1 is 0.750 bits per heavy atom. The van der Waals surface area contributed by atoms with Crippen LogP contribution in [0.15, 0.2) is 30.3 Å². The average molecular weight is 840 g/mol. The second kappa shape index (κ2) is 25.1. The van der Waals surface area contributed by atoms with Crippen LogP contribution in [0, 0.1) is 0 Å². The molecule has 0 aromatic heterocycles. The quantitative estimate of drug-likeness (QED) is 0.0459. The number of unbranched alkanes of at least 4 members (excludes halogenated alkanes) is 6. The zero-order valence-electron chi connectivity index (χ0n) is 34.9. The Morgan fingerprint density at radius 2 is 1.42 bits per heavy atom. The summed E-state index contributed by atoms with van der Waals surface area (Å²) in [5.74, 6) is -5.96. The number of nitrogens with one attached hydrogen (secondary N) is 4. The van der Waals surface area contributed by atoms with E-state index in [1.54, 1.807) is 24.3 Å². The monoisotopic (exact) mass is 839 g/mol. The zero-order chi connectivity index (χ0) is 44.2. The molecular weight excluding hydrogens is 779 g/mol. The van der Waals surface area contributed by atoms with Gasteiger partial charge < -0.3 is 46.9 Å². The third kappa shape index (κ3) is 15.2. The van der Waals surface area contributed by atoms with Crippen LogP contribution < -0.4 is 31.9 Å². The summed E-state index contributed by atoms with van der Waals surface area (Å²) >= 11 is 0. The van der Waals surface area contributed by atoms with Crippen LogP contribution in [0.4, 0.5) is 5.69 Å². The summed E-state index contributed by atoms with van der Waals surface area (Å²) in [6.45, 7) is 1.66. The predicted molar refractivity (Wildman–Crippen MR) is 223 cm³/mol. The number of ether oxygens (including phenoxy) is 1. The van der Waals surface area contributed by atoms with Crippen molar-refractivity contribution < 1.29 is 53.3 Å². The molecule has 0 spiro atoms. The van der Waals surface area contributed by atoms with Crippen LogP contribution in [-0.2, 0) is 33.5 Å². The Labute approximate surface area is 350 Å². The van der Waals surface area contributed by atoms with Crippen LogP contribution in [0.2, 0.25) is 0 Å². The Hall–Kier alpha value is -5.62. The Morgan fingerprint density at radius 3 is 2.08 bits per heavy atom. The van der Waals surface area contributed by atoms with E-state index in [2.05, 4.69) is 28.2 Å². The minimum Gasteiger partial charge on any atom is -0.481 e. The fourth-order valence-electron chi connectivity index (χ4n) is 6.80. The van der Waals surface area contributed by atoms with Crippen molar-refractivity contribution in [2.24, 2.45) is 5.73 Å². The zero-order valence-corrected chi connectivity index (χ0v) is 34.9. The third-order valence-corrected chi connectivity index (χ3v) is 10.1. The molecule has 18 heteroatoms. The van der Waals surface area contributed by atoms with Crippen molar-refractivity contribution in [2.75, 3.05) is 51.8 Å². The lowest BCUT2D eigenvalue weighted by molar-refractivity contribution is -0.142. The van der Waals surface area contributed by atoms with Gasteiger partial charge in [-0.25, -0.2) is 4.79 Å². The molecule has 1 aliphatic rings. The Balaban J connectivity index is 1.62. The summed E-state index contributed by atoms with van der Waals surface area (Å²) in [6, 6.07) is 4.57. The summed E-state index contributed by atoms with van der Waals surface area (Å²) in [6.07, 6.45) is 7.10. The van der Waals surface area contributed by atoms with E-state index in [0.717, 1.165) is 35.2 Å². The van der Waals surface area contributed by atoms with Gasteiger partial charge in [-0.2, -0.15) is 0 Å². The first kappa shape index (κ1) is 48.7. The van der Waals surface area contributed by atoms with Gasteiger partial charge in [-0.1, -0.05) is 57.6 Å². The van der Waals surface area contributed by atoms with Crippen molar-refractivity contribution in [1.29, 1.82) is 0 Å². The molecule has 0 saturated heterocycles. The summed E-state index contributed by atoms with van der Waals surface area (Å²) < 4.78 is 5.52. The molecule has 2 aromatic carbocycles. The number of amides is 6. The second-order valence-corrected chi connectivity index (χ2v) is 15.1. The second-order valence-electron chi connectivity index (χ2n) is 15.1. The SMILES string of the molecule is CCCCCCCCCC(=O)NCCOC[C@H](N)C(=O)N[C@H](CCN1C(=O)c2cccc3c(N(C)C)ccc(c23)C1=O)C(=O)NCC[C@@H](NC(=O)CCCC(=O)O)C(=O)O. The number of nitrogens with two attached hydrogens (primary N) is 1. The van der Waals surface area contributed by atoms with Gasteiger partial charge in [0, 0.05) is 80.6 Å². The van der Waals surface area contributed by atoms with Crippen molar-refractivity contribution in [3.05, 3.63) is 41.5 Å². The van der Waals surface area contributed by atoms with E-state index in [9.17, 15) is 43.5 Å². The Kier molecular flexibility index (Phi) is 20.4. The molecule has 1 aliphatic heterocycles. The first-order valence-corrected chi connectivity index (χ1v) is 20.7. The predicted octanol–water partition coefficient (Wildman–Crippen LogP) is 2.31. The molecule has 0 fully saturated rings. The van der Waals surface area contributed by atoms with Gasteiger partial charge >= 0.3 is 11.9 Å². The number of nitrogens with zero attached hydrogens (tertiary/aromatic N) is 2. The van der Waals surface area contributed by atoms with Crippen molar-refractivity contribution in [2.45, 2.75) is 109 Å². The molecule has 60 heavy (non-hydrogen) atoms. The summed E-state index contributed by atoms with van der Waals surface area (Å²) in [7, 11) is 3.70. The first-order valence-electron chi connectivity index (χ1n) is 20.7. The molecule has 8 N–H and O–H groups in total. The summed E-state index contributed by atoms with van der Waals surface area (Å²) in [4.78, 5) is 104. The lowest BCUT2D eigenvalue weighted by Crippen LogP contribution is -2.54. The molecule has 3 atom stereocenters. The molecule has 2 aromatic rings. The number of carbonyl (C=O) groups is 8. The number of carboxylic acids is 2. The third-order valence-electron chi connectivity index (χ3n) is 10.1. The van der Waals surface area contributed by atoms with Crippen LogP contribution in [0.3, 0.4) is 0 Å². The number of benzene rings is 2. The number of anilines is 1. The van der Waals surface area contributed by atoms with Crippen molar-refractivity contribution in [1.82, 2.24) is 26.2 Å². The summed E-state index contributed by atoms with van der Waals surface area (Å²) in [5.41, 5.74) is 7.51. The summed E-state index contributed by atoms with van der Waals surface area (Å²) in [5, 5.41) is 29.9. The van der Waals surface area contributed by atoms with Gasteiger partial charge in [0.25, 0.3) is 11.8 Å². The number of rotatable bonds is 29. The van der Waals surface area contributed by atoms with Crippen LogP contribution in [0.5, 0.6) is 0 Å². The van der Waals surface area contributed by atoms with E-state index in [1.807, 2.05) is 25.1 Å². The smallest absolute Gasteiger partial charge is 0.326 e. The topological polar surface area (TPSA) is 267 Å². The maximum absolute atomic E-state index is 13.8. The van der Waals surface area contributed by atoms with E-state index >= 15 is 0 Å². The molecule has 0 radical (unpaired) electrons. The first-order chi connectivity index (χ1) is 28.7. The lowest BCUT2D eigenvalue weighted by Gasteiger charge is -2.30. The fraction of sp³-hybridized carbons (Fsp3) is 0.571. The molecule has 18 nitrogen and oxygen atoms in total. The highest BCUT2D eigenvalue weighted by Crippen LogP contribution is 2.35. The molecule has 330 valence electrons. The molecule has 0 bridgehead atoms. The van der Waals surface area contributed by atoms with Crippen molar-refractivity contribution in [3.8, 4) is 0 Å². The number of hydrogen-bond acceptors (Lipinski definition) is 11. The number of carboxylic acid groups (broad SMARTS) is 2.